The molecule has 382 valence electrons. The first-order valence-electron chi connectivity index (χ1n) is 22.6. The van der Waals surface area contributed by atoms with E-state index in [2.05, 4.69) is 16.0 Å². The first-order valence-corrected chi connectivity index (χ1v) is 22.6. The summed E-state index contributed by atoms with van der Waals surface area (Å²) in [5, 5.41) is 33.4. The van der Waals surface area contributed by atoms with Gasteiger partial charge >= 0.3 is 18.1 Å². The Hall–Kier alpha value is -5.64. The van der Waals surface area contributed by atoms with Crippen LogP contribution in [0.25, 0.3) is 0 Å². The van der Waals surface area contributed by atoms with Crippen molar-refractivity contribution in [3.8, 4) is 0 Å². The molecule has 13 amide bonds. The maximum absolute atomic E-state index is 14.0. The predicted molar refractivity (Wildman–Crippen MR) is 250 cm³/mol. The van der Waals surface area contributed by atoms with E-state index in [1.165, 1.54) is 72.7 Å². The number of hydrogen-bond acceptors (Lipinski definition) is 12. The highest BCUT2D eigenvalue weighted by molar-refractivity contribution is 6.07. The summed E-state index contributed by atoms with van der Waals surface area (Å²) < 4.78 is 0. The van der Waals surface area contributed by atoms with Gasteiger partial charge in [0, 0.05) is 55.1 Å². The van der Waals surface area contributed by atoms with E-state index in [1.54, 1.807) is 19.9 Å². The lowest BCUT2D eigenvalue weighted by molar-refractivity contribution is -0.150. The van der Waals surface area contributed by atoms with Crippen LogP contribution in [0.5, 0.6) is 0 Å². The minimum Gasteiger partial charge on any atom is -0.390 e. The number of aliphatic hydroxyl groups excluding tert-OH is 1. The highest BCUT2D eigenvalue weighted by Gasteiger charge is 2.41. The third kappa shape index (κ3) is 19.2. The van der Waals surface area contributed by atoms with Gasteiger partial charge in [-0.05, 0) is 71.6 Å². The quantitative estimate of drug-likeness (QED) is 0.0711. The van der Waals surface area contributed by atoms with Gasteiger partial charge in [0.25, 0.3) is 5.91 Å². The van der Waals surface area contributed by atoms with Crippen molar-refractivity contribution in [2.45, 2.75) is 156 Å². The van der Waals surface area contributed by atoms with Gasteiger partial charge in [0.2, 0.25) is 35.4 Å². The molecule has 0 aromatic carbocycles. The van der Waals surface area contributed by atoms with Crippen LogP contribution in [0, 0.1) is 17.8 Å². The van der Waals surface area contributed by atoms with Gasteiger partial charge in [0.1, 0.15) is 36.3 Å². The number of aliphatic hydroxyl groups is 2. The zero-order chi connectivity index (χ0) is 52.4. The van der Waals surface area contributed by atoms with Crippen LogP contribution in [-0.2, 0) is 33.6 Å². The molecule has 0 saturated heterocycles. The number of nitrogens with one attached hydrogen (secondary N) is 5. The number of likely N-dealkylation sites (N-methyl/N-ethyl adjacent to an activating group) is 5. The molecular weight excluding hydrogens is 873 g/mol. The predicted octanol–water partition coefficient (Wildman–Crippen LogP) is 1.15. The van der Waals surface area contributed by atoms with E-state index in [0.29, 0.717) is 17.7 Å². The van der Waals surface area contributed by atoms with Gasteiger partial charge in [0.15, 0.2) is 0 Å². The van der Waals surface area contributed by atoms with E-state index < -0.39 is 114 Å². The molecule has 22 heteroatoms. The molecule has 0 aromatic rings. The Morgan fingerprint density at radius 2 is 1.21 bits per heavy atom. The molecular formula is C45H80N10O12. The first kappa shape index (κ1) is 61.4. The molecule has 0 heterocycles. The largest absolute Gasteiger partial charge is 0.390 e. The van der Waals surface area contributed by atoms with Crippen molar-refractivity contribution in [1.82, 2.24) is 51.1 Å². The minimum absolute atomic E-state index is 0.0375. The monoisotopic (exact) mass is 953 g/mol. The van der Waals surface area contributed by atoms with Crippen LogP contribution < -0.4 is 26.6 Å². The van der Waals surface area contributed by atoms with E-state index in [1.807, 2.05) is 51.3 Å². The molecule has 0 radical (unpaired) electrons. The summed E-state index contributed by atoms with van der Waals surface area (Å²) in [5.74, 6) is -5.31. The maximum Gasteiger partial charge on any atom is 0.333 e. The molecule has 67 heavy (non-hydrogen) atoms. The maximum atomic E-state index is 14.0. The van der Waals surface area contributed by atoms with Gasteiger partial charge in [-0.25, -0.2) is 19.3 Å². The summed E-state index contributed by atoms with van der Waals surface area (Å²) in [6, 6.07) is -11.3. The van der Waals surface area contributed by atoms with Crippen LogP contribution in [0.3, 0.4) is 0 Å². The number of rotatable bonds is 23. The summed E-state index contributed by atoms with van der Waals surface area (Å²) in [4.78, 5) is 138. The second kappa shape index (κ2) is 27.9. The van der Waals surface area contributed by atoms with Crippen LogP contribution in [-0.4, -0.2) is 184 Å². The summed E-state index contributed by atoms with van der Waals surface area (Å²) >= 11 is 0. The molecule has 0 aliphatic rings. The number of amides is 13. The van der Waals surface area contributed by atoms with Gasteiger partial charge in [0.05, 0.1) is 11.7 Å². The summed E-state index contributed by atoms with van der Waals surface area (Å²) in [7, 11) is 7.70. The topological polar surface area (TPSA) is 288 Å². The molecule has 0 saturated carbocycles. The molecule has 0 spiro atoms. The van der Waals surface area contributed by atoms with Crippen molar-refractivity contribution in [2.75, 3.05) is 42.3 Å². The Bertz CT molecular complexity index is 1780. The number of carbonyl (C=O) groups is 10. The average molecular weight is 953 g/mol. The van der Waals surface area contributed by atoms with Gasteiger partial charge in [-0.2, -0.15) is 0 Å². The first-order chi connectivity index (χ1) is 30.8. The minimum atomic E-state index is -1.60. The molecule has 22 nitrogen and oxygen atoms in total. The van der Waals surface area contributed by atoms with Gasteiger partial charge in [-0.1, -0.05) is 53.7 Å². The van der Waals surface area contributed by atoms with Crippen LogP contribution in [0.4, 0.5) is 14.4 Å². The smallest absolute Gasteiger partial charge is 0.333 e. The molecule has 0 aliphatic heterocycles. The van der Waals surface area contributed by atoms with Gasteiger partial charge in [-0.15, -0.1) is 0 Å². The number of imide groups is 3. The summed E-state index contributed by atoms with van der Waals surface area (Å²) in [5.41, 5.74) is -1.60. The van der Waals surface area contributed by atoms with Crippen molar-refractivity contribution >= 4 is 59.4 Å². The number of carbonyl (C=O) groups excluding carboxylic acids is 10. The molecule has 0 unspecified atom stereocenters. The lowest BCUT2D eigenvalue weighted by atomic mass is 9.92. The molecule has 8 atom stereocenters. The third-order valence-corrected chi connectivity index (χ3v) is 11.3. The Kier molecular flexibility index (Phi) is 25.5. The molecule has 0 rings (SSSR count). The fourth-order valence-corrected chi connectivity index (χ4v) is 6.89. The molecule has 0 bridgehead atoms. The third-order valence-electron chi connectivity index (χ3n) is 11.3. The number of allylic oxidation sites excluding steroid dienone is 2. The van der Waals surface area contributed by atoms with E-state index in [0.717, 1.165) is 16.8 Å². The van der Waals surface area contributed by atoms with Crippen molar-refractivity contribution in [3.05, 3.63) is 12.2 Å². The Morgan fingerprint density at radius 3 is 1.69 bits per heavy atom. The average Bonchev–Trinajstić information content (AvgIpc) is 3.24. The molecule has 0 fully saturated rings. The highest BCUT2D eigenvalue weighted by atomic mass is 16.3. The van der Waals surface area contributed by atoms with Gasteiger partial charge in [-0.3, -0.25) is 44.2 Å². The normalized spacial score (nSPS) is 15.1. The summed E-state index contributed by atoms with van der Waals surface area (Å²) in [6.45, 7) is 18.0. The van der Waals surface area contributed by atoms with E-state index in [4.69, 9.17) is 0 Å². The molecule has 0 aromatic heterocycles. The Morgan fingerprint density at radius 1 is 0.672 bits per heavy atom. The SMILES string of the molecule is C/C=C/C[C@@H](C)[C@@H](O)[C@@H](C(=O)N[C@@H](CC)C(=O)N(C)[C@H](C)C(=O)N(C)[C@@H](CC(C)(C)O)C(=O)NC(=O)N(C)C(=O)NC(=O)N[C@@H](C)C(=O)N(C)[C@@H](CC(C)C)C(=O)NC)N(C)C(=O)CC(C)C. The van der Waals surface area contributed by atoms with E-state index in [-0.39, 0.29) is 30.6 Å². The zero-order valence-electron chi connectivity index (χ0n) is 42.7. The van der Waals surface area contributed by atoms with Crippen molar-refractivity contribution in [2.24, 2.45) is 17.8 Å². The Labute approximate surface area is 396 Å². The van der Waals surface area contributed by atoms with Crippen LogP contribution in [0.2, 0.25) is 0 Å². The fourth-order valence-electron chi connectivity index (χ4n) is 6.89. The van der Waals surface area contributed by atoms with Crippen molar-refractivity contribution < 1.29 is 58.2 Å². The number of hydrogen-bond donors (Lipinski definition) is 7. The van der Waals surface area contributed by atoms with Crippen LogP contribution in [0.15, 0.2) is 12.2 Å². The van der Waals surface area contributed by atoms with Crippen LogP contribution in [0.1, 0.15) is 108 Å². The number of urea groups is 3. The lowest BCUT2D eigenvalue weighted by Crippen LogP contribution is -2.61. The second-order valence-corrected chi connectivity index (χ2v) is 18.6. The molecule has 7 N–H and O–H groups in total. The van der Waals surface area contributed by atoms with Crippen molar-refractivity contribution in [3.63, 3.8) is 0 Å². The second-order valence-electron chi connectivity index (χ2n) is 18.6. The number of nitrogens with zero attached hydrogens (tertiary/aromatic N) is 5. The zero-order valence-corrected chi connectivity index (χ0v) is 42.7. The van der Waals surface area contributed by atoms with Crippen LogP contribution >= 0.6 is 0 Å². The fraction of sp³-hybridized carbons (Fsp3) is 0.733. The Balaban J connectivity index is 6.15. The molecule has 0 aliphatic carbocycles. The lowest BCUT2D eigenvalue weighted by Gasteiger charge is -2.37. The summed E-state index contributed by atoms with van der Waals surface area (Å²) in [6.07, 6.45) is 2.80. The van der Waals surface area contributed by atoms with E-state index in [9.17, 15) is 58.2 Å². The highest BCUT2D eigenvalue weighted by Crippen LogP contribution is 2.21. The standard InChI is InChI=1S/C45H80N10O12/c1-18-20-21-27(7)35(57)34(54(16)33(56)23-26(5)6)38(60)48-30(19-2)41(63)51(13)29(9)40(62)53(15)32(24-45(10,11)67)37(59)49-43(65)55(17)44(66)50-42(64)47-28(8)39(61)52(14)31(22-25(3)4)36(58)46-12/h18,20,25-32,34-35,57,67H,19,21-24H2,1-17H3,(H,46,58)(H,48,60)(H,49,59,65)(H2,47,50,64,66)/b20-18+/t27-,28+,29-,30+,31+,32+,34+,35-/m1/s1. The van der Waals surface area contributed by atoms with E-state index >= 15 is 0 Å². The van der Waals surface area contributed by atoms with Gasteiger partial charge < -0.3 is 45.8 Å². The van der Waals surface area contributed by atoms with Crippen molar-refractivity contribution in [1.29, 1.82) is 0 Å².